The summed E-state index contributed by atoms with van der Waals surface area (Å²) >= 11 is 9.02. The van der Waals surface area contributed by atoms with E-state index >= 15 is 0 Å². The van der Waals surface area contributed by atoms with Crippen molar-refractivity contribution in [2.75, 3.05) is 0 Å². The number of fused-ring (bicyclic) bond motifs is 1. The molecule has 0 saturated carbocycles. The van der Waals surface area contributed by atoms with Crippen LogP contribution in [0.3, 0.4) is 0 Å². The molecule has 0 saturated heterocycles. The lowest BCUT2D eigenvalue weighted by molar-refractivity contribution is 0.463. The van der Waals surface area contributed by atoms with Crippen LogP contribution < -0.4 is 5.56 Å². The molecule has 7 nitrogen and oxygen atoms in total. The van der Waals surface area contributed by atoms with Crippen LogP contribution in [0.1, 0.15) is 11.6 Å². The number of nitrogens with one attached hydrogen (secondary N) is 1. The zero-order valence-electron chi connectivity index (χ0n) is 15.5. The van der Waals surface area contributed by atoms with E-state index in [1.807, 2.05) is 30.5 Å². The molecule has 1 aromatic carbocycles. The maximum Gasteiger partial charge on any atom is 0.277 e. The summed E-state index contributed by atoms with van der Waals surface area (Å²) in [5.41, 5.74) is 2.15. The highest BCUT2D eigenvalue weighted by Crippen LogP contribution is 2.35. The number of H-pyrrole nitrogens is 1. The maximum atomic E-state index is 12.8. The number of benzene rings is 1. The molecule has 0 fully saturated rings. The van der Waals surface area contributed by atoms with Gasteiger partial charge in [0.15, 0.2) is 0 Å². The molecule has 4 heterocycles. The molecule has 1 N–H and O–H groups in total. The number of rotatable bonds is 5. The van der Waals surface area contributed by atoms with Crippen molar-refractivity contribution in [1.82, 2.24) is 20.2 Å². The SMILES string of the molecule is Cc1occc1-c1nnc(SCc2nc3scc(-c4ccccc4Cl)c3c(=O)[nH]2)o1. The molecular weight excluding hydrogens is 444 g/mol. The van der Waals surface area contributed by atoms with Gasteiger partial charge in [0.1, 0.15) is 16.4 Å². The first-order valence-corrected chi connectivity index (χ1v) is 11.1. The van der Waals surface area contributed by atoms with Crippen LogP contribution in [-0.2, 0) is 5.75 Å². The maximum absolute atomic E-state index is 12.8. The molecule has 10 heteroatoms. The van der Waals surface area contributed by atoms with Gasteiger partial charge >= 0.3 is 0 Å². The van der Waals surface area contributed by atoms with E-state index in [4.69, 9.17) is 20.4 Å². The van der Waals surface area contributed by atoms with Crippen LogP contribution in [0.4, 0.5) is 0 Å². The van der Waals surface area contributed by atoms with Crippen LogP contribution in [0.2, 0.25) is 5.02 Å². The fraction of sp³-hybridized carbons (Fsp3) is 0.100. The lowest BCUT2D eigenvalue weighted by Gasteiger charge is -2.03. The van der Waals surface area contributed by atoms with E-state index in [0.717, 1.165) is 16.7 Å². The third kappa shape index (κ3) is 3.45. The van der Waals surface area contributed by atoms with E-state index in [1.165, 1.54) is 23.1 Å². The van der Waals surface area contributed by atoms with E-state index in [2.05, 4.69) is 20.2 Å². The molecule has 4 aromatic heterocycles. The highest BCUT2D eigenvalue weighted by molar-refractivity contribution is 7.98. The van der Waals surface area contributed by atoms with Crippen LogP contribution in [0.25, 0.3) is 32.8 Å². The predicted molar refractivity (Wildman–Crippen MR) is 117 cm³/mol. The summed E-state index contributed by atoms with van der Waals surface area (Å²) in [4.78, 5) is 20.9. The van der Waals surface area contributed by atoms with Crippen molar-refractivity contribution in [3.8, 4) is 22.6 Å². The first kappa shape index (κ1) is 19.1. The number of furan rings is 1. The van der Waals surface area contributed by atoms with Crippen molar-refractivity contribution >= 4 is 44.9 Å². The number of hydrogen-bond acceptors (Lipinski definition) is 8. The van der Waals surface area contributed by atoms with Gasteiger partial charge in [-0.25, -0.2) is 4.98 Å². The molecule has 0 spiro atoms. The van der Waals surface area contributed by atoms with Gasteiger partial charge in [0.05, 0.1) is 23.0 Å². The Morgan fingerprint density at radius 3 is 2.83 bits per heavy atom. The van der Waals surface area contributed by atoms with Gasteiger partial charge in [-0.2, -0.15) is 0 Å². The number of thioether (sulfide) groups is 1. The summed E-state index contributed by atoms with van der Waals surface area (Å²) in [5.74, 6) is 2.02. The van der Waals surface area contributed by atoms with Crippen molar-refractivity contribution in [2.24, 2.45) is 0 Å². The Hall–Kier alpha value is -2.88. The van der Waals surface area contributed by atoms with Gasteiger partial charge in [-0.05, 0) is 19.1 Å². The molecule has 0 aliphatic carbocycles. The van der Waals surface area contributed by atoms with Gasteiger partial charge in [-0.1, -0.05) is 41.6 Å². The Morgan fingerprint density at radius 2 is 2.03 bits per heavy atom. The quantitative estimate of drug-likeness (QED) is 0.346. The Morgan fingerprint density at radius 1 is 1.17 bits per heavy atom. The lowest BCUT2D eigenvalue weighted by Crippen LogP contribution is -2.10. The highest BCUT2D eigenvalue weighted by atomic mass is 35.5. The minimum Gasteiger partial charge on any atom is -0.469 e. The van der Waals surface area contributed by atoms with Crippen molar-refractivity contribution in [1.29, 1.82) is 0 Å². The smallest absolute Gasteiger partial charge is 0.277 e. The second-order valence-electron chi connectivity index (χ2n) is 6.37. The summed E-state index contributed by atoms with van der Waals surface area (Å²) in [5, 5.41) is 11.5. The van der Waals surface area contributed by atoms with Gasteiger partial charge in [0, 0.05) is 21.5 Å². The standard InChI is InChI=1S/C20H13ClN4O3S2/c1-10-11(6-7-27-10)18-24-25-20(28-18)30-9-15-22-17(26)16-13(8-29-19(16)23-15)12-4-2-3-5-14(12)21/h2-8H,9H2,1H3,(H,22,23,26). The molecule has 0 atom stereocenters. The second kappa shape index (κ2) is 7.75. The van der Waals surface area contributed by atoms with Gasteiger partial charge in [-0.15, -0.1) is 21.5 Å². The largest absolute Gasteiger partial charge is 0.469 e. The zero-order valence-corrected chi connectivity index (χ0v) is 17.9. The second-order valence-corrected chi connectivity index (χ2v) is 8.57. The first-order chi connectivity index (χ1) is 14.6. The zero-order chi connectivity index (χ0) is 20.7. The molecule has 0 aliphatic rings. The normalized spacial score (nSPS) is 11.4. The number of hydrogen-bond donors (Lipinski definition) is 1. The molecule has 5 rings (SSSR count). The van der Waals surface area contributed by atoms with E-state index in [1.54, 1.807) is 18.4 Å². The van der Waals surface area contributed by atoms with Gasteiger partial charge < -0.3 is 13.8 Å². The number of thiophene rings is 1. The van der Waals surface area contributed by atoms with Crippen LogP contribution in [0.15, 0.2) is 60.8 Å². The molecule has 0 radical (unpaired) electrons. The van der Waals surface area contributed by atoms with Crippen molar-refractivity contribution < 1.29 is 8.83 Å². The molecule has 0 amide bonds. The molecule has 0 bridgehead atoms. The van der Waals surface area contributed by atoms with Gasteiger partial charge in [0.2, 0.25) is 0 Å². The molecule has 0 aliphatic heterocycles. The molecule has 0 unspecified atom stereocenters. The Labute approximate surface area is 183 Å². The van der Waals surface area contributed by atoms with Crippen LogP contribution in [0, 0.1) is 6.92 Å². The minimum absolute atomic E-state index is 0.202. The van der Waals surface area contributed by atoms with Gasteiger partial charge in [-0.3, -0.25) is 4.79 Å². The molecule has 150 valence electrons. The lowest BCUT2D eigenvalue weighted by atomic mass is 10.1. The monoisotopic (exact) mass is 456 g/mol. The van der Waals surface area contributed by atoms with Crippen LogP contribution >= 0.6 is 34.7 Å². The molecule has 5 aromatic rings. The summed E-state index contributed by atoms with van der Waals surface area (Å²) in [6.45, 7) is 1.83. The van der Waals surface area contributed by atoms with E-state index in [9.17, 15) is 4.79 Å². The summed E-state index contributed by atoms with van der Waals surface area (Å²) in [7, 11) is 0. The Kier molecular flexibility index (Phi) is 4.93. The predicted octanol–water partition coefficient (Wildman–Crippen LogP) is 5.55. The average molecular weight is 457 g/mol. The fourth-order valence-corrected chi connectivity index (χ4v) is 4.88. The average Bonchev–Trinajstić information content (AvgIpc) is 3.46. The third-order valence-electron chi connectivity index (χ3n) is 4.49. The van der Waals surface area contributed by atoms with Crippen LogP contribution in [0.5, 0.6) is 0 Å². The van der Waals surface area contributed by atoms with E-state index < -0.39 is 0 Å². The number of aromatic nitrogens is 4. The Balaban J connectivity index is 1.40. The number of aromatic amines is 1. The van der Waals surface area contributed by atoms with E-state index in [-0.39, 0.29) is 5.56 Å². The minimum atomic E-state index is -0.202. The topological polar surface area (TPSA) is 97.8 Å². The third-order valence-corrected chi connectivity index (χ3v) is 6.52. The van der Waals surface area contributed by atoms with Crippen molar-refractivity contribution in [3.63, 3.8) is 0 Å². The number of nitrogens with zero attached hydrogens (tertiary/aromatic N) is 3. The Bertz CT molecular complexity index is 1420. The first-order valence-electron chi connectivity index (χ1n) is 8.86. The van der Waals surface area contributed by atoms with Crippen molar-refractivity contribution in [3.05, 3.63) is 68.9 Å². The summed E-state index contributed by atoms with van der Waals surface area (Å²) in [6.07, 6.45) is 1.57. The number of halogens is 1. The fourth-order valence-electron chi connectivity index (χ4n) is 3.05. The van der Waals surface area contributed by atoms with Gasteiger partial charge in [0.25, 0.3) is 16.7 Å². The highest BCUT2D eigenvalue weighted by Gasteiger charge is 2.16. The molecule has 30 heavy (non-hydrogen) atoms. The number of aryl methyl sites for hydroxylation is 1. The summed E-state index contributed by atoms with van der Waals surface area (Å²) in [6, 6.07) is 9.21. The summed E-state index contributed by atoms with van der Waals surface area (Å²) < 4.78 is 10.9. The molecular formula is C20H13ClN4O3S2. The van der Waals surface area contributed by atoms with E-state index in [0.29, 0.717) is 43.7 Å². The van der Waals surface area contributed by atoms with Crippen LogP contribution in [-0.4, -0.2) is 20.2 Å². The van der Waals surface area contributed by atoms with Crippen molar-refractivity contribution in [2.45, 2.75) is 17.9 Å².